The summed E-state index contributed by atoms with van der Waals surface area (Å²) in [6, 6.07) is 11.1. The monoisotopic (exact) mass is 346 g/mol. The van der Waals surface area contributed by atoms with Crippen LogP contribution in [0.4, 0.5) is 14.9 Å². The third-order valence-corrected chi connectivity index (χ3v) is 3.59. The standard InChI is InChI=1S/C19H23FN2O3/c1-13-9-16(25-11-14-5-4-6-15(20)10-14)7-8-17(13)21-18(24)22-19(2,3)12-23/h4-10,23H,11-12H2,1-3H3,(H2,21,22,24). The van der Waals surface area contributed by atoms with Crippen molar-refractivity contribution in [3.63, 3.8) is 0 Å². The molecule has 0 radical (unpaired) electrons. The van der Waals surface area contributed by atoms with Crippen LogP contribution >= 0.6 is 0 Å². The molecule has 5 nitrogen and oxygen atoms in total. The molecule has 3 N–H and O–H groups in total. The van der Waals surface area contributed by atoms with Gasteiger partial charge in [0.1, 0.15) is 18.2 Å². The van der Waals surface area contributed by atoms with Gasteiger partial charge in [-0.3, -0.25) is 0 Å². The Morgan fingerprint density at radius 2 is 2.00 bits per heavy atom. The molecule has 0 bridgehead atoms. The number of carbonyl (C=O) groups excluding carboxylic acids is 1. The molecule has 0 fully saturated rings. The van der Waals surface area contributed by atoms with Crippen molar-refractivity contribution < 1.29 is 19.0 Å². The first kappa shape index (κ1) is 18.7. The number of amides is 2. The van der Waals surface area contributed by atoms with E-state index >= 15 is 0 Å². The van der Waals surface area contributed by atoms with Crippen LogP contribution in [0.25, 0.3) is 0 Å². The lowest BCUT2D eigenvalue weighted by molar-refractivity contribution is 0.187. The predicted molar refractivity (Wildman–Crippen MR) is 95.2 cm³/mol. The molecule has 6 heteroatoms. The first-order valence-electron chi connectivity index (χ1n) is 7.97. The number of aliphatic hydroxyl groups is 1. The third-order valence-electron chi connectivity index (χ3n) is 3.59. The van der Waals surface area contributed by atoms with Gasteiger partial charge in [0.2, 0.25) is 0 Å². The van der Waals surface area contributed by atoms with Gasteiger partial charge in [-0.2, -0.15) is 0 Å². The minimum atomic E-state index is -0.702. The maximum Gasteiger partial charge on any atom is 0.319 e. The quantitative estimate of drug-likeness (QED) is 0.748. The summed E-state index contributed by atoms with van der Waals surface area (Å²) in [7, 11) is 0. The molecule has 0 aliphatic carbocycles. The number of aryl methyl sites for hydroxylation is 1. The Bertz CT molecular complexity index is 747. The van der Waals surface area contributed by atoms with Crippen LogP contribution in [0.1, 0.15) is 25.0 Å². The lowest BCUT2D eigenvalue weighted by Crippen LogP contribution is -2.48. The highest BCUT2D eigenvalue weighted by atomic mass is 19.1. The number of ether oxygens (including phenoxy) is 1. The molecule has 0 aromatic heterocycles. The number of nitrogens with one attached hydrogen (secondary N) is 2. The molecule has 0 saturated heterocycles. The average Bonchev–Trinajstić information content (AvgIpc) is 2.55. The molecule has 2 aromatic carbocycles. The van der Waals surface area contributed by atoms with Crippen molar-refractivity contribution in [1.29, 1.82) is 0 Å². The van der Waals surface area contributed by atoms with E-state index in [0.29, 0.717) is 11.4 Å². The molecule has 0 unspecified atom stereocenters. The van der Waals surface area contributed by atoms with Crippen LogP contribution < -0.4 is 15.4 Å². The topological polar surface area (TPSA) is 70.6 Å². The number of urea groups is 1. The smallest absolute Gasteiger partial charge is 0.319 e. The normalized spacial score (nSPS) is 11.1. The Balaban J connectivity index is 1.97. The van der Waals surface area contributed by atoms with Gasteiger partial charge >= 0.3 is 6.03 Å². The van der Waals surface area contributed by atoms with E-state index in [1.807, 2.05) is 6.92 Å². The van der Waals surface area contributed by atoms with E-state index in [4.69, 9.17) is 4.74 Å². The van der Waals surface area contributed by atoms with E-state index in [1.54, 1.807) is 44.2 Å². The molecule has 0 aliphatic heterocycles. The Kier molecular flexibility index (Phi) is 5.98. The second-order valence-electron chi connectivity index (χ2n) is 6.52. The number of hydrogen-bond donors (Lipinski definition) is 3. The molecule has 0 saturated carbocycles. The summed E-state index contributed by atoms with van der Waals surface area (Å²) in [6.07, 6.45) is 0. The van der Waals surface area contributed by atoms with E-state index in [-0.39, 0.29) is 19.0 Å². The van der Waals surface area contributed by atoms with Gasteiger partial charge in [-0.1, -0.05) is 12.1 Å². The molecular formula is C19H23FN2O3. The Hall–Kier alpha value is -2.60. The summed E-state index contributed by atoms with van der Waals surface area (Å²) in [5, 5.41) is 14.6. The van der Waals surface area contributed by atoms with Crippen molar-refractivity contribution in [3.05, 3.63) is 59.4 Å². The molecule has 134 valence electrons. The number of benzene rings is 2. The van der Waals surface area contributed by atoms with Gasteiger partial charge in [0, 0.05) is 5.69 Å². The fraction of sp³-hybridized carbons (Fsp3) is 0.316. The van der Waals surface area contributed by atoms with Gasteiger partial charge in [0.25, 0.3) is 0 Å². The molecule has 0 atom stereocenters. The highest BCUT2D eigenvalue weighted by Crippen LogP contribution is 2.22. The summed E-state index contributed by atoms with van der Waals surface area (Å²) in [6.45, 7) is 5.40. The molecule has 0 spiro atoms. The first-order chi connectivity index (χ1) is 11.8. The minimum Gasteiger partial charge on any atom is -0.489 e. The lowest BCUT2D eigenvalue weighted by atomic mass is 10.1. The SMILES string of the molecule is Cc1cc(OCc2cccc(F)c2)ccc1NC(=O)NC(C)(C)CO. The minimum absolute atomic E-state index is 0.160. The van der Waals surface area contributed by atoms with Crippen molar-refractivity contribution in [2.75, 3.05) is 11.9 Å². The van der Waals surface area contributed by atoms with Crippen LogP contribution in [0.15, 0.2) is 42.5 Å². The van der Waals surface area contributed by atoms with E-state index in [1.165, 1.54) is 12.1 Å². The zero-order valence-corrected chi connectivity index (χ0v) is 14.6. The second kappa shape index (κ2) is 7.98. The van der Waals surface area contributed by atoms with Crippen LogP contribution in [0.3, 0.4) is 0 Å². The average molecular weight is 346 g/mol. The zero-order chi connectivity index (χ0) is 18.4. The van der Waals surface area contributed by atoms with Crippen molar-refractivity contribution in [2.24, 2.45) is 0 Å². The summed E-state index contributed by atoms with van der Waals surface area (Å²) < 4.78 is 18.8. The van der Waals surface area contributed by atoms with Crippen molar-refractivity contribution in [2.45, 2.75) is 32.9 Å². The van der Waals surface area contributed by atoms with E-state index < -0.39 is 11.6 Å². The van der Waals surface area contributed by atoms with Gasteiger partial charge in [-0.05, 0) is 62.2 Å². The van der Waals surface area contributed by atoms with Crippen LogP contribution in [0.2, 0.25) is 0 Å². The van der Waals surface area contributed by atoms with Gasteiger partial charge < -0.3 is 20.5 Å². The Labute approximate surface area is 146 Å². The Morgan fingerprint density at radius 1 is 1.24 bits per heavy atom. The highest BCUT2D eigenvalue weighted by Gasteiger charge is 2.19. The van der Waals surface area contributed by atoms with Crippen molar-refractivity contribution in [1.82, 2.24) is 5.32 Å². The maximum atomic E-state index is 13.2. The number of carbonyl (C=O) groups is 1. The highest BCUT2D eigenvalue weighted by molar-refractivity contribution is 5.90. The fourth-order valence-corrected chi connectivity index (χ4v) is 2.16. The van der Waals surface area contributed by atoms with Gasteiger partial charge in [-0.15, -0.1) is 0 Å². The number of hydrogen-bond acceptors (Lipinski definition) is 3. The van der Waals surface area contributed by atoms with E-state index in [0.717, 1.165) is 11.1 Å². The summed E-state index contributed by atoms with van der Waals surface area (Å²) in [5.74, 6) is 0.331. The Morgan fingerprint density at radius 3 is 2.64 bits per heavy atom. The van der Waals surface area contributed by atoms with Crippen LogP contribution in [-0.2, 0) is 6.61 Å². The van der Waals surface area contributed by atoms with Gasteiger partial charge in [-0.25, -0.2) is 9.18 Å². The number of halogens is 1. The molecule has 2 rings (SSSR count). The molecule has 0 aliphatic rings. The lowest BCUT2D eigenvalue weighted by Gasteiger charge is -2.24. The van der Waals surface area contributed by atoms with Gasteiger partial charge in [0.15, 0.2) is 0 Å². The van der Waals surface area contributed by atoms with E-state index in [9.17, 15) is 14.3 Å². The van der Waals surface area contributed by atoms with Crippen LogP contribution in [0.5, 0.6) is 5.75 Å². The maximum absolute atomic E-state index is 13.2. The van der Waals surface area contributed by atoms with E-state index in [2.05, 4.69) is 10.6 Å². The largest absolute Gasteiger partial charge is 0.489 e. The summed E-state index contributed by atoms with van der Waals surface area (Å²) in [4.78, 5) is 12.0. The zero-order valence-electron chi connectivity index (χ0n) is 14.6. The van der Waals surface area contributed by atoms with Gasteiger partial charge in [0.05, 0.1) is 12.1 Å². The molecule has 2 amide bonds. The molecule has 25 heavy (non-hydrogen) atoms. The van der Waals surface area contributed by atoms with Crippen LogP contribution in [-0.4, -0.2) is 23.3 Å². The second-order valence-corrected chi connectivity index (χ2v) is 6.52. The predicted octanol–water partition coefficient (Wildman–Crippen LogP) is 3.61. The molecular weight excluding hydrogens is 323 g/mol. The molecule has 2 aromatic rings. The fourth-order valence-electron chi connectivity index (χ4n) is 2.16. The summed E-state index contributed by atoms with van der Waals surface area (Å²) >= 11 is 0. The number of anilines is 1. The van der Waals surface area contributed by atoms with Crippen LogP contribution in [0, 0.1) is 12.7 Å². The number of aliphatic hydroxyl groups excluding tert-OH is 1. The number of rotatable bonds is 6. The van der Waals surface area contributed by atoms with Crippen molar-refractivity contribution >= 4 is 11.7 Å². The van der Waals surface area contributed by atoms with Crippen molar-refractivity contribution in [3.8, 4) is 5.75 Å². The summed E-state index contributed by atoms with van der Waals surface area (Å²) in [5.41, 5.74) is 1.51. The first-order valence-corrected chi connectivity index (χ1v) is 7.97. The molecule has 0 heterocycles. The third kappa shape index (κ3) is 5.76.